The van der Waals surface area contributed by atoms with Gasteiger partial charge in [0, 0.05) is 10.4 Å². The SMILES string of the molecule is Cc1sc(-c2ccco2)nc1C(=O)OCC(=O)c1ccc(C(C)C)cc1. The summed E-state index contributed by atoms with van der Waals surface area (Å²) in [5, 5.41) is 0.607. The maximum absolute atomic E-state index is 12.3. The van der Waals surface area contributed by atoms with E-state index in [1.807, 2.05) is 12.1 Å². The molecule has 2 heterocycles. The summed E-state index contributed by atoms with van der Waals surface area (Å²) >= 11 is 1.34. The Bertz CT molecular complexity index is 908. The van der Waals surface area contributed by atoms with E-state index in [0.29, 0.717) is 22.2 Å². The lowest BCUT2D eigenvalue weighted by Gasteiger charge is -2.07. The van der Waals surface area contributed by atoms with Gasteiger partial charge in [0.2, 0.25) is 0 Å². The number of thiazole rings is 1. The molecule has 0 amide bonds. The summed E-state index contributed by atoms with van der Waals surface area (Å²) in [6.45, 7) is 5.65. The number of nitrogens with zero attached hydrogens (tertiary/aromatic N) is 1. The lowest BCUT2D eigenvalue weighted by Crippen LogP contribution is -2.15. The van der Waals surface area contributed by atoms with Gasteiger partial charge in [0.05, 0.1) is 6.26 Å². The number of carbonyl (C=O) groups is 2. The Morgan fingerprint density at radius 1 is 1.19 bits per heavy atom. The van der Waals surface area contributed by atoms with E-state index in [1.54, 1.807) is 37.5 Å². The minimum atomic E-state index is -0.608. The number of rotatable bonds is 6. The Balaban J connectivity index is 1.64. The molecule has 0 aliphatic heterocycles. The lowest BCUT2D eigenvalue weighted by atomic mass is 10.0. The van der Waals surface area contributed by atoms with Crippen LogP contribution in [-0.2, 0) is 4.74 Å². The first-order valence-electron chi connectivity index (χ1n) is 8.27. The zero-order chi connectivity index (χ0) is 18.7. The number of furan rings is 1. The second-order valence-electron chi connectivity index (χ2n) is 6.18. The molecule has 3 rings (SSSR count). The van der Waals surface area contributed by atoms with Crippen molar-refractivity contribution in [1.29, 1.82) is 0 Å². The molecule has 0 fully saturated rings. The van der Waals surface area contributed by atoms with Gasteiger partial charge in [-0.15, -0.1) is 11.3 Å². The fourth-order valence-electron chi connectivity index (χ4n) is 2.43. The van der Waals surface area contributed by atoms with E-state index in [4.69, 9.17) is 9.15 Å². The van der Waals surface area contributed by atoms with E-state index in [9.17, 15) is 9.59 Å². The summed E-state index contributed by atoms with van der Waals surface area (Å²) in [5.41, 5.74) is 1.89. The largest absolute Gasteiger partial charge is 0.462 e. The smallest absolute Gasteiger partial charge is 0.358 e. The maximum atomic E-state index is 12.3. The van der Waals surface area contributed by atoms with Crippen LogP contribution in [0.1, 0.15) is 51.1 Å². The van der Waals surface area contributed by atoms with Gasteiger partial charge in [0.25, 0.3) is 0 Å². The molecule has 2 aromatic heterocycles. The first-order chi connectivity index (χ1) is 12.5. The molecule has 6 heteroatoms. The number of esters is 1. The van der Waals surface area contributed by atoms with E-state index in [-0.39, 0.29) is 18.1 Å². The average molecular weight is 369 g/mol. The summed E-state index contributed by atoms with van der Waals surface area (Å²) in [6, 6.07) is 10.9. The van der Waals surface area contributed by atoms with Crippen molar-refractivity contribution in [3.05, 3.63) is 64.4 Å². The van der Waals surface area contributed by atoms with Crippen molar-refractivity contribution in [3.63, 3.8) is 0 Å². The predicted molar refractivity (Wildman–Crippen MR) is 99.7 cm³/mol. The van der Waals surface area contributed by atoms with Crippen LogP contribution in [-0.4, -0.2) is 23.3 Å². The normalized spacial score (nSPS) is 10.9. The van der Waals surface area contributed by atoms with Gasteiger partial charge in [0.1, 0.15) is 0 Å². The van der Waals surface area contributed by atoms with Crippen molar-refractivity contribution in [2.24, 2.45) is 0 Å². The van der Waals surface area contributed by atoms with Crippen molar-refractivity contribution in [2.45, 2.75) is 26.7 Å². The van der Waals surface area contributed by atoms with E-state index in [0.717, 1.165) is 10.4 Å². The first-order valence-corrected chi connectivity index (χ1v) is 9.09. The van der Waals surface area contributed by atoms with Gasteiger partial charge in [-0.05, 0) is 30.5 Å². The average Bonchev–Trinajstić information content (AvgIpc) is 3.29. The third-order valence-electron chi connectivity index (χ3n) is 3.96. The number of Topliss-reactive ketones (excluding diaryl/α,β-unsaturated/α-hetero) is 1. The molecule has 0 saturated carbocycles. The zero-order valence-corrected chi connectivity index (χ0v) is 15.6. The summed E-state index contributed by atoms with van der Waals surface area (Å²) < 4.78 is 10.5. The second-order valence-corrected chi connectivity index (χ2v) is 7.38. The molecule has 5 nitrogen and oxygen atoms in total. The third-order valence-corrected chi connectivity index (χ3v) is 4.94. The van der Waals surface area contributed by atoms with Gasteiger partial charge in [-0.25, -0.2) is 9.78 Å². The number of ketones is 1. The van der Waals surface area contributed by atoms with Crippen molar-refractivity contribution < 1.29 is 18.7 Å². The number of aromatic nitrogens is 1. The highest BCUT2D eigenvalue weighted by Gasteiger charge is 2.20. The van der Waals surface area contributed by atoms with E-state index >= 15 is 0 Å². The Labute approximate surface area is 155 Å². The molecular weight excluding hydrogens is 350 g/mol. The fourth-order valence-corrected chi connectivity index (χ4v) is 3.30. The Hall–Kier alpha value is -2.73. The lowest BCUT2D eigenvalue weighted by molar-refractivity contribution is 0.0469. The van der Waals surface area contributed by atoms with Crippen molar-refractivity contribution >= 4 is 23.1 Å². The zero-order valence-electron chi connectivity index (χ0n) is 14.8. The second kappa shape index (κ2) is 7.66. The van der Waals surface area contributed by atoms with Crippen LogP contribution in [0.25, 0.3) is 10.8 Å². The maximum Gasteiger partial charge on any atom is 0.358 e. The molecule has 0 unspecified atom stereocenters. The Kier molecular flexibility index (Phi) is 5.32. The molecule has 0 aliphatic rings. The molecule has 0 saturated heterocycles. The van der Waals surface area contributed by atoms with Crippen molar-refractivity contribution in [1.82, 2.24) is 4.98 Å². The summed E-state index contributed by atoms with van der Waals surface area (Å²) in [7, 11) is 0. The van der Waals surface area contributed by atoms with Gasteiger partial charge < -0.3 is 9.15 Å². The summed E-state index contributed by atoms with van der Waals surface area (Å²) in [5.74, 6) is 0.142. The van der Waals surface area contributed by atoms with Gasteiger partial charge in [0.15, 0.2) is 28.9 Å². The number of carbonyl (C=O) groups excluding carboxylic acids is 2. The van der Waals surface area contributed by atoms with Crippen LogP contribution in [0.3, 0.4) is 0 Å². The molecule has 0 aliphatic carbocycles. The standard InChI is InChI=1S/C20H19NO4S/c1-12(2)14-6-8-15(9-7-14)16(22)11-25-20(23)18-13(3)26-19(21-18)17-5-4-10-24-17/h4-10,12H,11H2,1-3H3. The molecular formula is C20H19NO4S. The van der Waals surface area contributed by atoms with E-state index < -0.39 is 5.97 Å². The van der Waals surface area contributed by atoms with Crippen molar-refractivity contribution in [2.75, 3.05) is 6.61 Å². The Morgan fingerprint density at radius 3 is 2.54 bits per heavy atom. The Morgan fingerprint density at radius 2 is 1.92 bits per heavy atom. The number of ether oxygens (including phenoxy) is 1. The highest BCUT2D eigenvalue weighted by Crippen LogP contribution is 2.28. The van der Waals surface area contributed by atoms with Crippen LogP contribution >= 0.6 is 11.3 Å². The van der Waals surface area contributed by atoms with E-state index in [2.05, 4.69) is 18.8 Å². The summed E-state index contributed by atoms with van der Waals surface area (Å²) in [6.07, 6.45) is 1.55. The third kappa shape index (κ3) is 3.91. The molecule has 1 aromatic carbocycles. The van der Waals surface area contributed by atoms with Gasteiger partial charge in [-0.2, -0.15) is 0 Å². The number of aryl methyl sites for hydroxylation is 1. The number of hydrogen-bond donors (Lipinski definition) is 0. The summed E-state index contributed by atoms with van der Waals surface area (Å²) in [4.78, 5) is 29.5. The molecule has 3 aromatic rings. The van der Waals surface area contributed by atoms with Crippen LogP contribution in [0.15, 0.2) is 47.1 Å². The first kappa shape index (κ1) is 18.1. The monoisotopic (exact) mass is 369 g/mol. The fraction of sp³-hybridized carbons (Fsp3) is 0.250. The molecule has 0 radical (unpaired) electrons. The number of benzene rings is 1. The van der Waals surface area contributed by atoms with Crippen molar-refractivity contribution in [3.8, 4) is 10.8 Å². The minimum absolute atomic E-state index is 0.212. The molecule has 134 valence electrons. The topological polar surface area (TPSA) is 69.4 Å². The van der Waals surface area contributed by atoms with Crippen LogP contribution < -0.4 is 0 Å². The molecule has 0 atom stereocenters. The van der Waals surface area contributed by atoms with Crippen LogP contribution in [0.4, 0.5) is 0 Å². The van der Waals surface area contributed by atoms with Crippen LogP contribution in [0.2, 0.25) is 0 Å². The van der Waals surface area contributed by atoms with Crippen LogP contribution in [0, 0.1) is 6.92 Å². The predicted octanol–water partition coefficient (Wildman–Crippen LogP) is 4.87. The van der Waals surface area contributed by atoms with Gasteiger partial charge >= 0.3 is 5.97 Å². The highest BCUT2D eigenvalue weighted by atomic mass is 32.1. The van der Waals surface area contributed by atoms with Gasteiger partial charge in [-0.1, -0.05) is 38.1 Å². The highest BCUT2D eigenvalue weighted by molar-refractivity contribution is 7.15. The van der Waals surface area contributed by atoms with Crippen LogP contribution in [0.5, 0.6) is 0 Å². The molecule has 26 heavy (non-hydrogen) atoms. The minimum Gasteiger partial charge on any atom is -0.462 e. The van der Waals surface area contributed by atoms with Gasteiger partial charge in [-0.3, -0.25) is 4.79 Å². The molecule has 0 spiro atoms. The van der Waals surface area contributed by atoms with E-state index in [1.165, 1.54) is 11.3 Å². The molecule has 0 bridgehead atoms. The molecule has 0 N–H and O–H groups in total. The quantitative estimate of drug-likeness (QED) is 0.458. The number of hydrogen-bond acceptors (Lipinski definition) is 6.